The number of carbonyl (C=O) groups is 1. The van der Waals surface area contributed by atoms with Gasteiger partial charge in [0.25, 0.3) is 0 Å². The van der Waals surface area contributed by atoms with Gasteiger partial charge in [0, 0.05) is 24.8 Å². The van der Waals surface area contributed by atoms with Crippen molar-refractivity contribution in [1.82, 2.24) is 9.62 Å². The lowest BCUT2D eigenvalue weighted by atomic mass is 10.1. The second kappa shape index (κ2) is 9.49. The Morgan fingerprint density at radius 3 is 2.41 bits per heavy atom. The average Bonchev–Trinajstić information content (AvgIpc) is 2.75. The van der Waals surface area contributed by atoms with Crippen molar-refractivity contribution in [3.05, 3.63) is 60.2 Å². The van der Waals surface area contributed by atoms with Gasteiger partial charge in [-0.1, -0.05) is 36.4 Å². The van der Waals surface area contributed by atoms with Gasteiger partial charge in [0.15, 0.2) is 0 Å². The minimum Gasteiger partial charge on any atom is -0.379 e. The van der Waals surface area contributed by atoms with Gasteiger partial charge in [-0.2, -0.15) is 4.31 Å². The second-order valence-corrected chi connectivity index (χ2v) is 8.99. The molecule has 1 aliphatic heterocycles. The van der Waals surface area contributed by atoms with Crippen LogP contribution in [-0.4, -0.2) is 51.0 Å². The number of carbonyl (C=O) groups excluding carboxylic acids is 1. The van der Waals surface area contributed by atoms with Crippen LogP contribution in [0.25, 0.3) is 0 Å². The van der Waals surface area contributed by atoms with Crippen LogP contribution in [0.4, 0.5) is 5.69 Å². The van der Waals surface area contributed by atoms with E-state index in [4.69, 9.17) is 4.74 Å². The molecule has 0 saturated carbocycles. The number of hydrogen-bond donors (Lipinski definition) is 2. The van der Waals surface area contributed by atoms with Crippen LogP contribution >= 0.6 is 0 Å². The van der Waals surface area contributed by atoms with Gasteiger partial charge in [0.05, 0.1) is 24.2 Å². The smallest absolute Gasteiger partial charge is 0.243 e. The van der Waals surface area contributed by atoms with Crippen LogP contribution < -0.4 is 10.6 Å². The van der Waals surface area contributed by atoms with Crippen molar-refractivity contribution in [3.63, 3.8) is 0 Å². The molecule has 0 bridgehead atoms. The normalized spacial score (nSPS) is 17.4. The topological polar surface area (TPSA) is 87.7 Å². The van der Waals surface area contributed by atoms with Crippen LogP contribution in [-0.2, 0) is 19.6 Å². The van der Waals surface area contributed by atoms with Gasteiger partial charge < -0.3 is 10.1 Å². The number of amides is 1. The maximum atomic E-state index is 12.8. The minimum absolute atomic E-state index is 0.00461. The minimum atomic E-state index is -3.61. The molecular weight excluding hydrogens is 390 g/mol. The second-order valence-electron chi connectivity index (χ2n) is 7.05. The number of anilines is 1. The fourth-order valence-corrected chi connectivity index (χ4v) is 4.66. The Bertz CT molecular complexity index is 928. The highest BCUT2D eigenvalue weighted by atomic mass is 32.2. The molecule has 0 aliphatic carbocycles. The summed E-state index contributed by atoms with van der Waals surface area (Å²) >= 11 is 0. The standard InChI is InChI=1S/C21H27N3O4S/c1-16(18-7-4-3-5-8-18)22-17(2)21(25)23-19-9-6-10-20(15-19)29(26,27)24-11-13-28-14-12-24/h3-10,15-17,22H,11-14H2,1-2H3,(H,23,25)/t16-,17-/m0/s1. The average molecular weight is 418 g/mol. The molecule has 0 aromatic heterocycles. The Hall–Kier alpha value is -2.26. The zero-order chi connectivity index (χ0) is 20.9. The van der Waals surface area contributed by atoms with E-state index in [2.05, 4.69) is 10.6 Å². The quantitative estimate of drug-likeness (QED) is 0.722. The van der Waals surface area contributed by atoms with Crippen LogP contribution in [0.1, 0.15) is 25.5 Å². The molecule has 3 rings (SSSR count). The molecule has 1 fully saturated rings. The Labute approximate surface area is 172 Å². The molecule has 156 valence electrons. The van der Waals surface area contributed by atoms with E-state index in [-0.39, 0.29) is 16.8 Å². The summed E-state index contributed by atoms with van der Waals surface area (Å²) in [6.07, 6.45) is 0. The lowest BCUT2D eigenvalue weighted by Crippen LogP contribution is -2.40. The predicted molar refractivity (Wildman–Crippen MR) is 112 cm³/mol. The maximum Gasteiger partial charge on any atom is 0.243 e. The summed E-state index contributed by atoms with van der Waals surface area (Å²) in [5.74, 6) is -0.228. The van der Waals surface area contributed by atoms with Crippen molar-refractivity contribution < 1.29 is 17.9 Å². The van der Waals surface area contributed by atoms with Crippen LogP contribution in [0.15, 0.2) is 59.5 Å². The van der Waals surface area contributed by atoms with Crippen molar-refractivity contribution in [2.45, 2.75) is 30.8 Å². The van der Waals surface area contributed by atoms with Crippen LogP contribution in [0.2, 0.25) is 0 Å². The number of hydrogen-bond acceptors (Lipinski definition) is 5. The van der Waals surface area contributed by atoms with Crippen molar-refractivity contribution in [1.29, 1.82) is 0 Å². The molecule has 8 heteroatoms. The van der Waals surface area contributed by atoms with Gasteiger partial charge >= 0.3 is 0 Å². The Balaban J connectivity index is 1.65. The fraction of sp³-hybridized carbons (Fsp3) is 0.381. The van der Waals surface area contributed by atoms with Gasteiger partial charge in [-0.05, 0) is 37.6 Å². The van der Waals surface area contributed by atoms with Crippen LogP contribution in [0.3, 0.4) is 0 Å². The summed E-state index contributed by atoms with van der Waals surface area (Å²) in [6, 6.07) is 15.8. The van der Waals surface area contributed by atoms with E-state index in [9.17, 15) is 13.2 Å². The van der Waals surface area contributed by atoms with Gasteiger partial charge in [-0.15, -0.1) is 0 Å². The summed E-state index contributed by atoms with van der Waals surface area (Å²) in [7, 11) is -3.61. The summed E-state index contributed by atoms with van der Waals surface area (Å²) in [5.41, 5.74) is 1.54. The van der Waals surface area contributed by atoms with Gasteiger partial charge in [-0.3, -0.25) is 10.1 Å². The lowest BCUT2D eigenvalue weighted by Gasteiger charge is -2.26. The highest BCUT2D eigenvalue weighted by molar-refractivity contribution is 7.89. The molecule has 0 unspecified atom stereocenters. The zero-order valence-corrected chi connectivity index (χ0v) is 17.5. The largest absolute Gasteiger partial charge is 0.379 e. The highest BCUT2D eigenvalue weighted by Gasteiger charge is 2.26. The molecule has 1 heterocycles. The summed E-state index contributed by atoms with van der Waals surface area (Å²) in [5, 5.41) is 6.07. The van der Waals surface area contributed by atoms with E-state index >= 15 is 0 Å². The molecule has 7 nitrogen and oxygen atoms in total. The van der Waals surface area contributed by atoms with Crippen molar-refractivity contribution in [2.24, 2.45) is 0 Å². The molecule has 2 aromatic rings. The third-order valence-electron chi connectivity index (χ3n) is 4.90. The highest BCUT2D eigenvalue weighted by Crippen LogP contribution is 2.21. The summed E-state index contributed by atoms with van der Waals surface area (Å²) in [6.45, 7) is 5.21. The first kappa shape index (κ1) is 21.4. The Morgan fingerprint density at radius 1 is 1.03 bits per heavy atom. The summed E-state index contributed by atoms with van der Waals surface area (Å²) in [4.78, 5) is 12.8. The molecule has 29 heavy (non-hydrogen) atoms. The third kappa shape index (κ3) is 5.42. The number of rotatable bonds is 7. The first-order chi connectivity index (χ1) is 13.9. The molecule has 0 spiro atoms. The first-order valence-electron chi connectivity index (χ1n) is 9.68. The van der Waals surface area contributed by atoms with Crippen molar-refractivity contribution in [3.8, 4) is 0 Å². The number of ether oxygens (including phenoxy) is 1. The van der Waals surface area contributed by atoms with Gasteiger partial charge in [-0.25, -0.2) is 8.42 Å². The summed E-state index contributed by atoms with van der Waals surface area (Å²) < 4.78 is 32.2. The number of nitrogens with one attached hydrogen (secondary N) is 2. The van der Waals surface area contributed by atoms with Crippen molar-refractivity contribution >= 4 is 21.6 Å². The molecule has 0 radical (unpaired) electrons. The van der Waals surface area contributed by atoms with Crippen molar-refractivity contribution in [2.75, 3.05) is 31.6 Å². The van der Waals surface area contributed by atoms with E-state index < -0.39 is 16.1 Å². The fourth-order valence-electron chi connectivity index (χ4n) is 3.21. The number of morpholine rings is 1. The van der Waals surface area contributed by atoms with Gasteiger partial charge in [0.1, 0.15) is 0 Å². The number of nitrogens with zero attached hydrogens (tertiary/aromatic N) is 1. The van der Waals surface area contributed by atoms with Crippen LogP contribution in [0.5, 0.6) is 0 Å². The molecule has 1 aliphatic rings. The molecule has 1 amide bonds. The van der Waals surface area contributed by atoms with Crippen LogP contribution in [0, 0.1) is 0 Å². The van der Waals surface area contributed by atoms with E-state index in [1.165, 1.54) is 10.4 Å². The third-order valence-corrected chi connectivity index (χ3v) is 6.80. The number of sulfonamides is 1. The lowest BCUT2D eigenvalue weighted by molar-refractivity contribution is -0.117. The SMILES string of the molecule is C[C@H](N[C@@H](C)c1ccccc1)C(=O)Nc1cccc(S(=O)(=O)N2CCOCC2)c1. The monoisotopic (exact) mass is 417 g/mol. The molecule has 2 atom stereocenters. The first-order valence-corrected chi connectivity index (χ1v) is 11.1. The Morgan fingerprint density at radius 2 is 1.72 bits per heavy atom. The van der Waals surface area contributed by atoms with E-state index in [1.54, 1.807) is 25.1 Å². The number of benzene rings is 2. The van der Waals surface area contributed by atoms with E-state index in [1.807, 2.05) is 37.3 Å². The molecular formula is C21H27N3O4S. The van der Waals surface area contributed by atoms with E-state index in [0.717, 1.165) is 5.56 Å². The van der Waals surface area contributed by atoms with Gasteiger partial charge in [0.2, 0.25) is 15.9 Å². The molecule has 1 saturated heterocycles. The maximum absolute atomic E-state index is 12.8. The predicted octanol–water partition coefficient (Wildman–Crippen LogP) is 2.39. The Kier molecular flexibility index (Phi) is 7.02. The van der Waals surface area contributed by atoms with E-state index in [0.29, 0.717) is 32.0 Å². The zero-order valence-electron chi connectivity index (χ0n) is 16.7. The molecule has 2 N–H and O–H groups in total. The molecule has 2 aromatic carbocycles.